The fraction of sp³-hybridized carbons (Fsp3) is 0.385. The Labute approximate surface area is 237 Å². The maximum Gasteiger partial charge on any atom is 0.258 e. The summed E-state index contributed by atoms with van der Waals surface area (Å²) in [6.07, 6.45) is 2.90. The van der Waals surface area contributed by atoms with Crippen LogP contribution in [0.3, 0.4) is 0 Å². The number of nitrogens with one attached hydrogen (secondary N) is 1. The van der Waals surface area contributed by atoms with Crippen molar-refractivity contribution in [3.05, 3.63) is 75.7 Å². The first kappa shape index (κ1) is 27.1. The lowest BCUT2D eigenvalue weighted by molar-refractivity contribution is 0.0796. The molecule has 4 heterocycles. The number of anilines is 1. The highest BCUT2D eigenvalue weighted by atomic mass is 35.5. The van der Waals surface area contributed by atoms with Crippen LogP contribution < -0.4 is 10.2 Å². The molecule has 15 heteroatoms. The van der Waals surface area contributed by atoms with Crippen LogP contribution in [0, 0.1) is 24.6 Å². The highest BCUT2D eigenvalue weighted by Crippen LogP contribution is 2.59. The topological polar surface area (TPSA) is 116 Å². The third kappa shape index (κ3) is 5.01. The van der Waals surface area contributed by atoms with E-state index in [1.54, 1.807) is 16.9 Å². The van der Waals surface area contributed by atoms with Gasteiger partial charge in [-0.15, -0.1) is 5.10 Å². The molecule has 2 unspecified atom stereocenters. The molecule has 1 aliphatic heterocycles. The molecule has 214 valence electrons. The molecule has 2 fully saturated rings. The highest BCUT2D eigenvalue weighted by molar-refractivity contribution is 6.30. The number of tetrazole rings is 1. The van der Waals surface area contributed by atoms with Gasteiger partial charge in [-0.1, -0.05) is 17.7 Å². The minimum absolute atomic E-state index is 0.0786. The van der Waals surface area contributed by atoms with Gasteiger partial charge in [0.15, 0.2) is 0 Å². The Kier molecular flexibility index (Phi) is 6.90. The van der Waals surface area contributed by atoms with Gasteiger partial charge in [-0.2, -0.15) is 5.10 Å². The van der Waals surface area contributed by atoms with Crippen molar-refractivity contribution in [1.82, 2.24) is 40.3 Å². The number of benzene rings is 1. The molecule has 11 nitrogen and oxygen atoms in total. The molecule has 1 saturated heterocycles. The van der Waals surface area contributed by atoms with Crippen molar-refractivity contribution in [3.63, 3.8) is 0 Å². The van der Waals surface area contributed by atoms with Crippen molar-refractivity contribution in [2.75, 3.05) is 25.1 Å². The van der Waals surface area contributed by atoms with Crippen molar-refractivity contribution >= 4 is 23.3 Å². The molecular weight excluding hydrogens is 563 g/mol. The maximum atomic E-state index is 14.9. The Morgan fingerprint density at radius 2 is 2.00 bits per heavy atom. The fourth-order valence-electron chi connectivity index (χ4n) is 5.27. The van der Waals surface area contributed by atoms with Gasteiger partial charge >= 0.3 is 0 Å². The molecule has 41 heavy (non-hydrogen) atoms. The van der Waals surface area contributed by atoms with Crippen LogP contribution in [0.1, 0.15) is 32.9 Å². The fourth-order valence-corrected chi connectivity index (χ4v) is 5.44. The van der Waals surface area contributed by atoms with Crippen LogP contribution in [-0.4, -0.2) is 67.0 Å². The summed E-state index contributed by atoms with van der Waals surface area (Å²) in [7, 11) is 1.49. The van der Waals surface area contributed by atoms with Gasteiger partial charge in [-0.3, -0.25) is 9.48 Å². The number of aromatic nitrogens is 7. The second-order valence-electron chi connectivity index (χ2n) is 10.1. The molecule has 1 amide bonds. The van der Waals surface area contributed by atoms with Crippen LogP contribution in [0.5, 0.6) is 0 Å². The Hall–Kier alpha value is -4.04. The van der Waals surface area contributed by atoms with E-state index in [-0.39, 0.29) is 29.3 Å². The summed E-state index contributed by atoms with van der Waals surface area (Å²) in [5.41, 5.74) is 2.69. The molecule has 3 aromatic heterocycles. The van der Waals surface area contributed by atoms with E-state index in [9.17, 15) is 18.0 Å². The Bertz CT molecular complexity index is 1600. The molecule has 1 aliphatic carbocycles. The number of halogens is 4. The Morgan fingerprint density at radius 3 is 2.68 bits per heavy atom. The van der Waals surface area contributed by atoms with Gasteiger partial charge in [0.05, 0.1) is 41.3 Å². The van der Waals surface area contributed by atoms with E-state index >= 15 is 0 Å². The zero-order valence-electron chi connectivity index (χ0n) is 22.1. The molecule has 0 spiro atoms. The molecule has 1 aromatic carbocycles. The smallest absolute Gasteiger partial charge is 0.258 e. The van der Waals surface area contributed by atoms with Crippen LogP contribution in [0.25, 0.3) is 5.69 Å². The third-order valence-corrected chi connectivity index (χ3v) is 7.89. The summed E-state index contributed by atoms with van der Waals surface area (Å²) in [4.78, 5) is 19.7. The quantitative estimate of drug-likeness (QED) is 0.317. The summed E-state index contributed by atoms with van der Waals surface area (Å²) in [5.74, 6) is -4.23. The molecule has 6 rings (SSSR count). The van der Waals surface area contributed by atoms with E-state index in [0.29, 0.717) is 36.8 Å². The lowest BCUT2D eigenvalue weighted by atomic mass is 10.1. The van der Waals surface area contributed by atoms with Crippen molar-refractivity contribution in [3.8, 4) is 5.69 Å². The van der Waals surface area contributed by atoms with Gasteiger partial charge in [-0.25, -0.2) is 22.8 Å². The van der Waals surface area contributed by atoms with Crippen molar-refractivity contribution in [2.45, 2.75) is 32.5 Å². The summed E-state index contributed by atoms with van der Waals surface area (Å²) in [6, 6.07) is 6.65. The van der Waals surface area contributed by atoms with Gasteiger partial charge in [0.25, 0.3) is 11.8 Å². The first-order chi connectivity index (χ1) is 19.7. The second-order valence-corrected chi connectivity index (χ2v) is 10.5. The number of hydrogen-bond acceptors (Lipinski definition) is 8. The number of carbonyl (C=O) groups excluding carboxylic acids is 1. The van der Waals surface area contributed by atoms with Crippen LogP contribution >= 0.6 is 11.6 Å². The van der Waals surface area contributed by atoms with E-state index < -0.39 is 29.5 Å². The first-order valence-corrected chi connectivity index (χ1v) is 13.2. The predicted octanol–water partition coefficient (Wildman–Crippen LogP) is 3.18. The SMILES string of the molecule is COCc1nn(Cc2ccc(N3CC4C(C3)C4(F)F)nc2C)cc1C(=O)NCc1c(-n2cnnn2)ccc(Cl)c1F. The summed E-state index contributed by atoms with van der Waals surface area (Å²) in [6.45, 7) is 2.66. The second kappa shape index (κ2) is 10.4. The molecule has 0 bridgehead atoms. The highest BCUT2D eigenvalue weighted by Gasteiger charge is 2.71. The summed E-state index contributed by atoms with van der Waals surface area (Å²) >= 11 is 5.99. The Balaban J connectivity index is 1.17. The normalized spacial score (nSPS) is 18.9. The monoisotopic (exact) mass is 587 g/mol. The first-order valence-electron chi connectivity index (χ1n) is 12.8. The number of fused-ring (bicyclic) bond motifs is 1. The van der Waals surface area contributed by atoms with E-state index in [2.05, 4.69) is 30.9 Å². The number of carbonyl (C=O) groups is 1. The van der Waals surface area contributed by atoms with Gasteiger partial charge < -0.3 is 15.0 Å². The van der Waals surface area contributed by atoms with E-state index in [1.165, 1.54) is 24.2 Å². The molecule has 4 aromatic rings. The van der Waals surface area contributed by atoms with Crippen molar-refractivity contribution in [2.24, 2.45) is 11.8 Å². The number of piperidine rings is 1. The van der Waals surface area contributed by atoms with Crippen molar-refractivity contribution < 1.29 is 22.7 Å². The van der Waals surface area contributed by atoms with E-state index in [0.717, 1.165) is 11.3 Å². The lowest BCUT2D eigenvalue weighted by Crippen LogP contribution is -2.28. The molecule has 1 N–H and O–H groups in total. The third-order valence-electron chi connectivity index (χ3n) is 7.59. The minimum atomic E-state index is -2.55. The maximum absolute atomic E-state index is 14.9. The number of pyridine rings is 1. The number of ether oxygens (including phenoxy) is 1. The van der Waals surface area contributed by atoms with Crippen molar-refractivity contribution in [1.29, 1.82) is 0 Å². The Morgan fingerprint density at radius 1 is 1.22 bits per heavy atom. The van der Waals surface area contributed by atoms with Crippen LogP contribution in [0.4, 0.5) is 19.0 Å². The largest absolute Gasteiger partial charge is 0.378 e. The van der Waals surface area contributed by atoms with Crippen LogP contribution in [-0.2, 0) is 24.4 Å². The van der Waals surface area contributed by atoms with Gasteiger partial charge in [0.1, 0.15) is 23.7 Å². The number of aryl methyl sites for hydroxylation is 1. The minimum Gasteiger partial charge on any atom is -0.378 e. The molecular formula is C26H25ClF3N9O2. The van der Waals surface area contributed by atoms with E-state index in [4.69, 9.17) is 16.3 Å². The molecule has 1 saturated carbocycles. The van der Waals surface area contributed by atoms with Gasteiger partial charge in [0, 0.05) is 44.2 Å². The predicted molar refractivity (Wildman–Crippen MR) is 140 cm³/mol. The number of amides is 1. The zero-order valence-corrected chi connectivity index (χ0v) is 22.8. The summed E-state index contributed by atoms with van der Waals surface area (Å²) in [5, 5.41) is 18.1. The number of hydrogen-bond donors (Lipinski definition) is 1. The molecule has 2 atom stereocenters. The average Bonchev–Trinajstić information content (AvgIpc) is 3.54. The number of nitrogens with zero attached hydrogens (tertiary/aromatic N) is 8. The number of methoxy groups -OCH3 is 1. The van der Waals surface area contributed by atoms with Crippen LogP contribution in [0.2, 0.25) is 5.02 Å². The standard InChI is InChI=1S/C26H25ClF3N9O2/c1-14-15(3-6-23(33-14)37-10-18-19(11-37)26(18,29)30)8-38-9-17(21(34-38)12-41-2)25(40)31-7-16-22(39-13-32-35-36-39)5-4-20(27)24(16)28/h3-6,9,13,18-19H,7-8,10-12H2,1-2H3,(H,31,40). The van der Waals surface area contributed by atoms with Crippen LogP contribution in [0.15, 0.2) is 36.8 Å². The average molecular weight is 588 g/mol. The van der Waals surface area contributed by atoms with E-state index in [1.807, 2.05) is 24.0 Å². The summed E-state index contributed by atoms with van der Waals surface area (Å²) < 4.78 is 50.2. The van der Waals surface area contributed by atoms with Gasteiger partial charge in [0.2, 0.25) is 0 Å². The number of alkyl halides is 2. The number of rotatable bonds is 9. The molecule has 0 radical (unpaired) electrons. The van der Waals surface area contributed by atoms with Gasteiger partial charge in [-0.05, 0) is 41.1 Å². The lowest BCUT2D eigenvalue weighted by Gasteiger charge is -2.21. The molecule has 2 aliphatic rings. The zero-order chi connectivity index (χ0) is 28.9.